The van der Waals surface area contributed by atoms with Gasteiger partial charge >= 0.3 is 5.97 Å². The number of nitrogens with two attached hydrogens (primary N) is 1. The molecule has 2 N–H and O–H groups in total. The Hall–Kier alpha value is -1.51. The maximum absolute atomic E-state index is 11.4. The lowest BCUT2D eigenvalue weighted by Crippen LogP contribution is -2.06. The lowest BCUT2D eigenvalue weighted by Gasteiger charge is -2.05. The van der Waals surface area contributed by atoms with E-state index in [0.717, 1.165) is 12.0 Å². The highest BCUT2D eigenvalue weighted by atomic mass is 16.5. The molecule has 0 aliphatic rings. The number of carbonyl (C=O) groups excluding carboxylic acids is 1. The van der Waals surface area contributed by atoms with E-state index in [9.17, 15) is 4.79 Å². The zero-order valence-electron chi connectivity index (χ0n) is 8.54. The summed E-state index contributed by atoms with van der Waals surface area (Å²) in [7, 11) is 0. The monoisotopic (exact) mass is 193 g/mol. The lowest BCUT2D eigenvalue weighted by atomic mass is 10.1. The summed E-state index contributed by atoms with van der Waals surface area (Å²) in [5, 5.41) is 0. The van der Waals surface area contributed by atoms with Crippen molar-refractivity contribution >= 4 is 11.7 Å². The fraction of sp³-hybridized carbons (Fsp3) is 0.364. The average Bonchev–Trinajstić information content (AvgIpc) is 2.18. The average molecular weight is 193 g/mol. The molecule has 0 unspecified atom stereocenters. The third-order valence-corrected chi connectivity index (χ3v) is 1.94. The van der Waals surface area contributed by atoms with Crippen LogP contribution in [0.1, 0.15) is 29.3 Å². The predicted molar refractivity (Wildman–Crippen MR) is 56.2 cm³/mol. The number of carbonyl (C=O) groups is 1. The van der Waals surface area contributed by atoms with E-state index in [-0.39, 0.29) is 5.97 Å². The summed E-state index contributed by atoms with van der Waals surface area (Å²) in [6.07, 6.45) is 0.833. The lowest BCUT2D eigenvalue weighted by molar-refractivity contribution is 0.0505. The Morgan fingerprint density at radius 1 is 1.50 bits per heavy atom. The molecule has 0 amide bonds. The smallest absolute Gasteiger partial charge is 0.338 e. The van der Waals surface area contributed by atoms with Gasteiger partial charge in [-0.15, -0.1) is 0 Å². The van der Waals surface area contributed by atoms with Crippen LogP contribution in [0.2, 0.25) is 0 Å². The minimum atomic E-state index is -0.282. The summed E-state index contributed by atoms with van der Waals surface area (Å²) in [6, 6.07) is 5.14. The van der Waals surface area contributed by atoms with Crippen molar-refractivity contribution in [3.05, 3.63) is 29.3 Å². The van der Waals surface area contributed by atoms with Crippen molar-refractivity contribution in [2.75, 3.05) is 12.3 Å². The van der Waals surface area contributed by atoms with Crippen molar-refractivity contribution < 1.29 is 9.53 Å². The Labute approximate surface area is 83.9 Å². The van der Waals surface area contributed by atoms with Crippen molar-refractivity contribution in [2.45, 2.75) is 20.3 Å². The van der Waals surface area contributed by atoms with E-state index in [4.69, 9.17) is 10.5 Å². The number of hydrogen-bond donors (Lipinski definition) is 1. The first-order valence-corrected chi connectivity index (χ1v) is 4.68. The molecule has 1 aromatic rings. The van der Waals surface area contributed by atoms with Crippen LogP contribution in [-0.2, 0) is 4.74 Å². The highest BCUT2D eigenvalue weighted by molar-refractivity contribution is 5.90. The molecule has 0 aliphatic carbocycles. The molecule has 0 bridgehead atoms. The van der Waals surface area contributed by atoms with Gasteiger partial charge in [-0.3, -0.25) is 0 Å². The second-order valence-electron chi connectivity index (χ2n) is 3.21. The van der Waals surface area contributed by atoms with E-state index in [2.05, 4.69) is 0 Å². The van der Waals surface area contributed by atoms with Crippen LogP contribution in [0.4, 0.5) is 5.69 Å². The predicted octanol–water partition coefficient (Wildman–Crippen LogP) is 2.14. The summed E-state index contributed by atoms with van der Waals surface area (Å²) in [5.74, 6) is -0.282. The largest absolute Gasteiger partial charge is 0.462 e. The van der Waals surface area contributed by atoms with Crippen molar-refractivity contribution in [2.24, 2.45) is 0 Å². The van der Waals surface area contributed by atoms with Gasteiger partial charge in [0.15, 0.2) is 0 Å². The molecular weight excluding hydrogens is 178 g/mol. The van der Waals surface area contributed by atoms with Crippen LogP contribution in [0.5, 0.6) is 0 Å². The van der Waals surface area contributed by atoms with E-state index < -0.39 is 0 Å². The molecule has 0 aliphatic heterocycles. The Bertz CT molecular complexity index is 334. The van der Waals surface area contributed by atoms with Crippen molar-refractivity contribution in [3.8, 4) is 0 Å². The second kappa shape index (κ2) is 4.65. The molecule has 14 heavy (non-hydrogen) atoms. The van der Waals surface area contributed by atoms with E-state index >= 15 is 0 Å². The van der Waals surface area contributed by atoms with Gasteiger partial charge in [-0.1, -0.05) is 6.92 Å². The van der Waals surface area contributed by atoms with Crippen molar-refractivity contribution in [3.63, 3.8) is 0 Å². The molecule has 0 saturated heterocycles. The van der Waals surface area contributed by atoms with Gasteiger partial charge < -0.3 is 10.5 Å². The van der Waals surface area contributed by atoms with Crippen LogP contribution in [0.15, 0.2) is 18.2 Å². The first-order valence-electron chi connectivity index (χ1n) is 4.68. The maximum atomic E-state index is 11.4. The maximum Gasteiger partial charge on any atom is 0.338 e. The molecule has 0 fully saturated rings. The number of ether oxygens (including phenoxy) is 1. The molecule has 0 spiro atoms. The molecule has 0 saturated carbocycles. The Kier molecular flexibility index (Phi) is 3.51. The number of anilines is 1. The molecule has 1 rings (SSSR count). The van der Waals surface area contributed by atoms with Crippen LogP contribution in [0.3, 0.4) is 0 Å². The molecule has 0 radical (unpaired) electrons. The highest BCUT2D eigenvalue weighted by Crippen LogP contribution is 2.13. The quantitative estimate of drug-likeness (QED) is 0.591. The second-order valence-corrected chi connectivity index (χ2v) is 3.21. The number of hydrogen-bond acceptors (Lipinski definition) is 3. The first-order chi connectivity index (χ1) is 6.65. The normalized spacial score (nSPS) is 9.86. The van der Waals surface area contributed by atoms with Crippen LogP contribution in [-0.4, -0.2) is 12.6 Å². The van der Waals surface area contributed by atoms with Crippen LogP contribution >= 0.6 is 0 Å². The molecule has 0 aromatic heterocycles. The Balaban J connectivity index is 2.76. The van der Waals surface area contributed by atoms with E-state index in [0.29, 0.717) is 17.9 Å². The summed E-state index contributed by atoms with van der Waals surface area (Å²) in [5.41, 5.74) is 7.79. The molecule has 1 aromatic carbocycles. The number of aryl methyl sites for hydroxylation is 1. The first kappa shape index (κ1) is 10.6. The van der Waals surface area contributed by atoms with E-state index in [1.54, 1.807) is 18.2 Å². The van der Waals surface area contributed by atoms with E-state index in [1.165, 1.54) is 0 Å². The summed E-state index contributed by atoms with van der Waals surface area (Å²) in [6.45, 7) is 4.29. The fourth-order valence-corrected chi connectivity index (χ4v) is 1.08. The topological polar surface area (TPSA) is 52.3 Å². The van der Waals surface area contributed by atoms with Gasteiger partial charge in [0, 0.05) is 5.69 Å². The molecule has 3 heteroatoms. The molecule has 3 nitrogen and oxygen atoms in total. The van der Waals surface area contributed by atoms with Crippen molar-refractivity contribution in [1.29, 1.82) is 0 Å². The summed E-state index contributed by atoms with van der Waals surface area (Å²) >= 11 is 0. The van der Waals surface area contributed by atoms with Crippen LogP contribution in [0.25, 0.3) is 0 Å². The van der Waals surface area contributed by atoms with Crippen molar-refractivity contribution in [1.82, 2.24) is 0 Å². The SMILES string of the molecule is CCCOC(=O)c1ccc(N)c(C)c1. The molecule has 76 valence electrons. The van der Waals surface area contributed by atoms with Crippen LogP contribution in [0, 0.1) is 6.92 Å². The molecule has 0 atom stereocenters. The van der Waals surface area contributed by atoms with Gasteiger partial charge in [-0.05, 0) is 37.1 Å². The Morgan fingerprint density at radius 2 is 2.21 bits per heavy atom. The molecule has 0 heterocycles. The van der Waals surface area contributed by atoms with Gasteiger partial charge in [0.05, 0.1) is 12.2 Å². The number of benzene rings is 1. The van der Waals surface area contributed by atoms with Gasteiger partial charge in [0.25, 0.3) is 0 Å². The summed E-state index contributed by atoms with van der Waals surface area (Å²) < 4.78 is 4.99. The number of rotatable bonds is 3. The summed E-state index contributed by atoms with van der Waals surface area (Å²) in [4.78, 5) is 11.4. The van der Waals surface area contributed by atoms with Gasteiger partial charge in [0.2, 0.25) is 0 Å². The zero-order chi connectivity index (χ0) is 10.6. The van der Waals surface area contributed by atoms with Gasteiger partial charge in [-0.2, -0.15) is 0 Å². The van der Waals surface area contributed by atoms with E-state index in [1.807, 2.05) is 13.8 Å². The highest BCUT2D eigenvalue weighted by Gasteiger charge is 2.07. The number of nitrogen functional groups attached to an aromatic ring is 1. The van der Waals surface area contributed by atoms with Gasteiger partial charge in [-0.25, -0.2) is 4.79 Å². The minimum absolute atomic E-state index is 0.282. The van der Waals surface area contributed by atoms with Gasteiger partial charge in [0.1, 0.15) is 0 Å². The molecular formula is C11H15NO2. The minimum Gasteiger partial charge on any atom is -0.462 e. The Morgan fingerprint density at radius 3 is 2.79 bits per heavy atom. The van der Waals surface area contributed by atoms with Crippen LogP contribution < -0.4 is 5.73 Å². The fourth-order valence-electron chi connectivity index (χ4n) is 1.08. The number of esters is 1. The third kappa shape index (κ3) is 2.49. The third-order valence-electron chi connectivity index (χ3n) is 1.94. The standard InChI is InChI=1S/C11H15NO2/c1-3-6-14-11(13)9-4-5-10(12)8(2)7-9/h4-5,7H,3,6,12H2,1-2H3. The zero-order valence-corrected chi connectivity index (χ0v) is 8.54.